The van der Waals surface area contributed by atoms with Crippen LogP contribution in [-0.4, -0.2) is 48.6 Å². The molecule has 94 valence electrons. The Labute approximate surface area is 105 Å². The molecule has 2 aliphatic rings. The van der Waals surface area contributed by atoms with Crippen LogP contribution in [0.2, 0.25) is 0 Å². The zero-order chi connectivity index (χ0) is 11.4. The van der Waals surface area contributed by atoms with Crippen LogP contribution in [0.4, 0.5) is 0 Å². The molecule has 0 aromatic carbocycles. The third-order valence-corrected chi connectivity index (χ3v) is 5.44. The van der Waals surface area contributed by atoms with Gasteiger partial charge in [0.1, 0.15) is 0 Å². The number of rotatable bonds is 4. The van der Waals surface area contributed by atoms with Crippen LogP contribution in [0.3, 0.4) is 0 Å². The Balaban J connectivity index is 1.82. The van der Waals surface area contributed by atoms with Crippen LogP contribution in [0.25, 0.3) is 0 Å². The summed E-state index contributed by atoms with van der Waals surface area (Å²) in [4.78, 5) is 2.73. The minimum atomic E-state index is 0.677. The monoisotopic (exact) mass is 242 g/mol. The highest BCUT2D eigenvalue weighted by Crippen LogP contribution is 2.39. The SMILES string of the molecule is CCSCC(C)N1CCC2(CCNCC2)C1. The summed E-state index contributed by atoms with van der Waals surface area (Å²) in [5.74, 6) is 2.57. The second kappa shape index (κ2) is 5.74. The van der Waals surface area contributed by atoms with Crippen molar-refractivity contribution in [3.05, 3.63) is 0 Å². The van der Waals surface area contributed by atoms with Gasteiger partial charge in [-0.1, -0.05) is 6.92 Å². The molecule has 0 bridgehead atoms. The zero-order valence-corrected chi connectivity index (χ0v) is 11.6. The van der Waals surface area contributed by atoms with Gasteiger partial charge in [0.15, 0.2) is 0 Å². The molecule has 16 heavy (non-hydrogen) atoms. The van der Waals surface area contributed by atoms with Crippen LogP contribution in [0, 0.1) is 5.41 Å². The molecule has 0 aromatic heterocycles. The molecular weight excluding hydrogens is 216 g/mol. The third kappa shape index (κ3) is 2.93. The van der Waals surface area contributed by atoms with Crippen molar-refractivity contribution in [3.8, 4) is 0 Å². The Hall–Kier alpha value is 0.270. The van der Waals surface area contributed by atoms with Gasteiger partial charge in [0.2, 0.25) is 0 Å². The molecule has 0 saturated carbocycles. The molecular formula is C13H26N2S. The van der Waals surface area contributed by atoms with E-state index < -0.39 is 0 Å². The lowest BCUT2D eigenvalue weighted by molar-refractivity contribution is 0.181. The van der Waals surface area contributed by atoms with Gasteiger partial charge >= 0.3 is 0 Å². The van der Waals surface area contributed by atoms with Crippen molar-refractivity contribution in [1.82, 2.24) is 10.2 Å². The molecule has 2 aliphatic heterocycles. The number of nitrogens with zero attached hydrogens (tertiary/aromatic N) is 1. The number of hydrogen-bond donors (Lipinski definition) is 1. The first kappa shape index (κ1) is 12.7. The molecule has 2 rings (SSSR count). The van der Waals surface area contributed by atoms with Gasteiger partial charge in [0.25, 0.3) is 0 Å². The average molecular weight is 242 g/mol. The molecule has 2 heterocycles. The van der Waals surface area contributed by atoms with E-state index in [4.69, 9.17) is 0 Å². The second-order valence-electron chi connectivity index (χ2n) is 5.48. The third-order valence-electron chi connectivity index (χ3n) is 4.32. The van der Waals surface area contributed by atoms with E-state index in [9.17, 15) is 0 Å². The highest BCUT2D eigenvalue weighted by Gasteiger charge is 2.39. The summed E-state index contributed by atoms with van der Waals surface area (Å²) in [5, 5.41) is 3.49. The molecule has 1 atom stereocenters. The summed E-state index contributed by atoms with van der Waals surface area (Å²) < 4.78 is 0. The molecule has 0 radical (unpaired) electrons. The fraction of sp³-hybridized carbons (Fsp3) is 1.00. The van der Waals surface area contributed by atoms with E-state index in [0.717, 1.165) is 6.04 Å². The molecule has 0 aromatic rings. The minimum Gasteiger partial charge on any atom is -0.317 e. The lowest BCUT2D eigenvalue weighted by Crippen LogP contribution is -2.40. The second-order valence-corrected chi connectivity index (χ2v) is 6.80. The van der Waals surface area contributed by atoms with Crippen LogP contribution in [0.15, 0.2) is 0 Å². The molecule has 0 aliphatic carbocycles. The molecule has 2 saturated heterocycles. The first-order valence-corrected chi connectivity index (χ1v) is 7.94. The maximum absolute atomic E-state index is 3.49. The first-order chi connectivity index (χ1) is 7.76. The van der Waals surface area contributed by atoms with Crippen LogP contribution in [0.1, 0.15) is 33.1 Å². The zero-order valence-electron chi connectivity index (χ0n) is 10.8. The standard InChI is InChI=1S/C13H26N2S/c1-3-16-10-12(2)15-9-6-13(11-15)4-7-14-8-5-13/h12,14H,3-11H2,1-2H3. The normalized spacial score (nSPS) is 27.4. The van der Waals surface area contributed by atoms with E-state index >= 15 is 0 Å². The fourth-order valence-electron chi connectivity index (χ4n) is 3.10. The highest BCUT2D eigenvalue weighted by atomic mass is 32.2. The smallest absolute Gasteiger partial charge is 0.0158 e. The van der Waals surface area contributed by atoms with Crippen molar-refractivity contribution in [2.24, 2.45) is 5.41 Å². The van der Waals surface area contributed by atoms with Gasteiger partial charge in [0, 0.05) is 18.3 Å². The topological polar surface area (TPSA) is 15.3 Å². The first-order valence-electron chi connectivity index (χ1n) is 6.78. The summed E-state index contributed by atoms with van der Waals surface area (Å²) in [5.41, 5.74) is 0.677. The number of hydrogen-bond acceptors (Lipinski definition) is 3. The molecule has 2 fully saturated rings. The van der Waals surface area contributed by atoms with Gasteiger partial charge in [-0.25, -0.2) is 0 Å². The molecule has 2 nitrogen and oxygen atoms in total. The number of piperidine rings is 1. The van der Waals surface area contributed by atoms with Crippen molar-refractivity contribution in [2.45, 2.75) is 39.2 Å². The Morgan fingerprint density at radius 3 is 2.75 bits per heavy atom. The predicted molar refractivity (Wildman–Crippen MR) is 73.2 cm³/mol. The molecule has 3 heteroatoms. The molecule has 1 N–H and O–H groups in total. The van der Waals surface area contributed by atoms with Crippen molar-refractivity contribution < 1.29 is 0 Å². The van der Waals surface area contributed by atoms with Crippen molar-refractivity contribution in [3.63, 3.8) is 0 Å². The summed E-state index contributed by atoms with van der Waals surface area (Å²) in [6.07, 6.45) is 4.24. The fourth-order valence-corrected chi connectivity index (χ4v) is 3.89. The Morgan fingerprint density at radius 1 is 1.31 bits per heavy atom. The van der Waals surface area contributed by atoms with Crippen molar-refractivity contribution in [1.29, 1.82) is 0 Å². The highest BCUT2D eigenvalue weighted by molar-refractivity contribution is 7.99. The van der Waals surface area contributed by atoms with Crippen molar-refractivity contribution in [2.75, 3.05) is 37.7 Å². The number of nitrogens with one attached hydrogen (secondary N) is 1. The Bertz CT molecular complexity index is 214. The van der Waals surface area contributed by atoms with Gasteiger partial charge < -0.3 is 5.32 Å². The van der Waals surface area contributed by atoms with E-state index in [-0.39, 0.29) is 0 Å². The summed E-state index contributed by atoms with van der Waals surface area (Å²) >= 11 is 2.08. The van der Waals surface area contributed by atoms with Gasteiger partial charge in [-0.05, 0) is 57.0 Å². The van der Waals surface area contributed by atoms with Gasteiger partial charge in [-0.3, -0.25) is 4.90 Å². The number of thioether (sulfide) groups is 1. The van der Waals surface area contributed by atoms with E-state index in [2.05, 4.69) is 35.8 Å². The maximum Gasteiger partial charge on any atom is 0.0158 e. The maximum atomic E-state index is 3.49. The van der Waals surface area contributed by atoms with E-state index in [0.29, 0.717) is 5.41 Å². The lowest BCUT2D eigenvalue weighted by Gasteiger charge is -2.35. The summed E-state index contributed by atoms with van der Waals surface area (Å²) in [6, 6.07) is 0.777. The van der Waals surface area contributed by atoms with Crippen LogP contribution in [0.5, 0.6) is 0 Å². The van der Waals surface area contributed by atoms with E-state index in [1.54, 1.807) is 0 Å². The van der Waals surface area contributed by atoms with Crippen molar-refractivity contribution >= 4 is 11.8 Å². The largest absolute Gasteiger partial charge is 0.317 e. The van der Waals surface area contributed by atoms with Gasteiger partial charge in [0.05, 0.1) is 0 Å². The van der Waals surface area contributed by atoms with Crippen LogP contribution in [-0.2, 0) is 0 Å². The molecule has 1 unspecified atom stereocenters. The Morgan fingerprint density at radius 2 is 2.06 bits per heavy atom. The minimum absolute atomic E-state index is 0.677. The van der Waals surface area contributed by atoms with Gasteiger partial charge in [-0.2, -0.15) is 11.8 Å². The lowest BCUT2D eigenvalue weighted by atomic mass is 9.78. The average Bonchev–Trinajstić information content (AvgIpc) is 2.71. The van der Waals surface area contributed by atoms with E-state index in [1.165, 1.54) is 56.9 Å². The Kier molecular flexibility index (Phi) is 4.57. The number of likely N-dealkylation sites (tertiary alicyclic amines) is 1. The summed E-state index contributed by atoms with van der Waals surface area (Å²) in [6.45, 7) is 9.85. The van der Waals surface area contributed by atoms with E-state index in [1.807, 2.05) is 0 Å². The summed E-state index contributed by atoms with van der Waals surface area (Å²) in [7, 11) is 0. The van der Waals surface area contributed by atoms with Crippen LogP contribution >= 0.6 is 11.8 Å². The molecule has 1 spiro atoms. The van der Waals surface area contributed by atoms with Crippen LogP contribution < -0.4 is 5.32 Å². The predicted octanol–water partition coefficient (Wildman–Crippen LogP) is 2.20. The van der Waals surface area contributed by atoms with Gasteiger partial charge in [-0.15, -0.1) is 0 Å². The quantitative estimate of drug-likeness (QED) is 0.814. The molecule has 0 amide bonds.